The van der Waals surface area contributed by atoms with Crippen LogP contribution in [0.5, 0.6) is 0 Å². The molecule has 2 N–H and O–H groups in total. The molecule has 0 aliphatic carbocycles. The first-order chi connectivity index (χ1) is 12.1. The fourth-order valence-corrected chi connectivity index (χ4v) is 2.58. The number of pyridine rings is 1. The van der Waals surface area contributed by atoms with Crippen molar-refractivity contribution >= 4 is 28.2 Å². The third-order valence-corrected chi connectivity index (χ3v) is 3.87. The number of nitrogens with zero attached hydrogens (tertiary/aromatic N) is 2. The van der Waals surface area contributed by atoms with E-state index in [0.717, 1.165) is 11.3 Å². The maximum Gasteiger partial charge on any atom is 0.278 e. The van der Waals surface area contributed by atoms with Gasteiger partial charge in [-0.2, -0.15) is 0 Å². The SMILES string of the molecule is CNC(=O)c1ccc(CNc2ccc([N+](=O)[O-])c3cccnc23)cc1. The molecule has 2 aromatic carbocycles. The molecule has 0 atom stereocenters. The number of carbonyl (C=O) groups excluding carboxylic acids is 1. The van der Waals surface area contributed by atoms with E-state index in [0.29, 0.717) is 23.0 Å². The quantitative estimate of drug-likeness (QED) is 0.551. The van der Waals surface area contributed by atoms with Crippen LogP contribution in [0.15, 0.2) is 54.7 Å². The molecule has 3 aromatic rings. The molecule has 3 rings (SSSR count). The van der Waals surface area contributed by atoms with Gasteiger partial charge in [0.15, 0.2) is 0 Å². The van der Waals surface area contributed by atoms with Gasteiger partial charge in [-0.15, -0.1) is 0 Å². The van der Waals surface area contributed by atoms with Crippen molar-refractivity contribution in [1.82, 2.24) is 10.3 Å². The molecule has 0 radical (unpaired) electrons. The summed E-state index contributed by atoms with van der Waals surface area (Å²) in [4.78, 5) is 26.5. The molecule has 0 spiro atoms. The molecular formula is C18H16N4O3. The van der Waals surface area contributed by atoms with Crippen LogP contribution in [0.3, 0.4) is 0 Å². The van der Waals surface area contributed by atoms with Crippen LogP contribution in [-0.4, -0.2) is 22.9 Å². The Morgan fingerprint density at radius 2 is 1.92 bits per heavy atom. The number of fused-ring (bicyclic) bond motifs is 1. The second-order valence-corrected chi connectivity index (χ2v) is 5.42. The van der Waals surface area contributed by atoms with Crippen LogP contribution in [0.4, 0.5) is 11.4 Å². The monoisotopic (exact) mass is 336 g/mol. The Hall–Kier alpha value is -3.48. The molecule has 1 aromatic heterocycles. The fraction of sp³-hybridized carbons (Fsp3) is 0.111. The van der Waals surface area contributed by atoms with Crippen LogP contribution in [0.2, 0.25) is 0 Å². The van der Waals surface area contributed by atoms with Gasteiger partial charge in [-0.3, -0.25) is 19.9 Å². The fourth-order valence-electron chi connectivity index (χ4n) is 2.58. The molecule has 1 heterocycles. The van der Waals surface area contributed by atoms with Crippen molar-refractivity contribution in [3.05, 3.63) is 76.0 Å². The first-order valence-electron chi connectivity index (χ1n) is 7.67. The Bertz CT molecular complexity index is 939. The zero-order chi connectivity index (χ0) is 17.8. The highest BCUT2D eigenvalue weighted by Gasteiger charge is 2.14. The zero-order valence-electron chi connectivity index (χ0n) is 13.5. The van der Waals surface area contributed by atoms with Crippen molar-refractivity contribution in [1.29, 1.82) is 0 Å². The lowest BCUT2D eigenvalue weighted by Gasteiger charge is -2.10. The van der Waals surface area contributed by atoms with Crippen molar-refractivity contribution in [2.75, 3.05) is 12.4 Å². The second-order valence-electron chi connectivity index (χ2n) is 5.42. The van der Waals surface area contributed by atoms with E-state index in [1.807, 2.05) is 12.1 Å². The Morgan fingerprint density at radius 3 is 2.60 bits per heavy atom. The van der Waals surface area contributed by atoms with Crippen LogP contribution >= 0.6 is 0 Å². The van der Waals surface area contributed by atoms with Crippen molar-refractivity contribution in [2.45, 2.75) is 6.54 Å². The van der Waals surface area contributed by atoms with E-state index in [-0.39, 0.29) is 11.6 Å². The number of benzene rings is 2. The third kappa shape index (κ3) is 3.40. The van der Waals surface area contributed by atoms with Gasteiger partial charge in [0.25, 0.3) is 11.6 Å². The molecule has 0 saturated carbocycles. The highest BCUT2D eigenvalue weighted by atomic mass is 16.6. The van der Waals surface area contributed by atoms with Gasteiger partial charge < -0.3 is 10.6 Å². The van der Waals surface area contributed by atoms with E-state index >= 15 is 0 Å². The molecular weight excluding hydrogens is 320 g/mol. The predicted octanol–water partition coefficient (Wildman–Crippen LogP) is 3.11. The molecule has 25 heavy (non-hydrogen) atoms. The number of hydrogen-bond donors (Lipinski definition) is 2. The molecule has 7 nitrogen and oxygen atoms in total. The Labute approximate surface area is 143 Å². The minimum Gasteiger partial charge on any atom is -0.379 e. The number of nitro benzene ring substituents is 1. The van der Waals surface area contributed by atoms with Gasteiger partial charge >= 0.3 is 0 Å². The molecule has 0 aliphatic heterocycles. The van der Waals surface area contributed by atoms with Gasteiger partial charge in [-0.1, -0.05) is 12.1 Å². The number of nitrogens with one attached hydrogen (secondary N) is 2. The number of non-ortho nitro benzene ring substituents is 1. The second kappa shape index (κ2) is 6.96. The maximum atomic E-state index is 11.5. The molecule has 0 saturated heterocycles. The zero-order valence-corrected chi connectivity index (χ0v) is 13.5. The molecule has 0 aliphatic rings. The number of hydrogen-bond acceptors (Lipinski definition) is 5. The standard InChI is InChI=1S/C18H16N4O3/c1-19-18(23)13-6-4-12(5-7-13)11-21-15-8-9-16(22(24)25)14-3-2-10-20-17(14)15/h2-10,21H,11H2,1H3,(H,19,23). The summed E-state index contributed by atoms with van der Waals surface area (Å²) < 4.78 is 0. The van der Waals surface area contributed by atoms with E-state index in [1.165, 1.54) is 6.07 Å². The lowest BCUT2D eigenvalue weighted by Crippen LogP contribution is -2.17. The molecule has 7 heteroatoms. The summed E-state index contributed by atoms with van der Waals surface area (Å²) in [6, 6.07) is 13.7. The average Bonchev–Trinajstić information content (AvgIpc) is 2.65. The third-order valence-electron chi connectivity index (χ3n) is 3.87. The Balaban J connectivity index is 1.83. The van der Waals surface area contributed by atoms with Gasteiger partial charge in [0, 0.05) is 31.4 Å². The van der Waals surface area contributed by atoms with Crippen molar-refractivity contribution in [3.63, 3.8) is 0 Å². The van der Waals surface area contributed by atoms with Gasteiger partial charge in [0.1, 0.15) is 5.52 Å². The lowest BCUT2D eigenvalue weighted by molar-refractivity contribution is -0.383. The van der Waals surface area contributed by atoms with Crippen LogP contribution in [0, 0.1) is 10.1 Å². The number of nitro groups is 1. The van der Waals surface area contributed by atoms with E-state index in [4.69, 9.17) is 0 Å². The van der Waals surface area contributed by atoms with Crippen molar-refractivity contribution in [3.8, 4) is 0 Å². The summed E-state index contributed by atoms with van der Waals surface area (Å²) in [7, 11) is 1.59. The number of aromatic nitrogens is 1. The predicted molar refractivity (Wildman–Crippen MR) is 95.6 cm³/mol. The number of amides is 1. The van der Waals surface area contributed by atoms with Crippen LogP contribution < -0.4 is 10.6 Å². The molecule has 0 fully saturated rings. The van der Waals surface area contributed by atoms with E-state index < -0.39 is 4.92 Å². The van der Waals surface area contributed by atoms with E-state index in [1.54, 1.807) is 43.6 Å². The molecule has 0 unspecified atom stereocenters. The minimum atomic E-state index is -0.411. The van der Waals surface area contributed by atoms with Crippen LogP contribution in [0.1, 0.15) is 15.9 Å². The summed E-state index contributed by atoms with van der Waals surface area (Å²) in [6.45, 7) is 0.511. The van der Waals surface area contributed by atoms with Crippen LogP contribution in [-0.2, 0) is 6.54 Å². The molecule has 1 amide bonds. The highest BCUT2D eigenvalue weighted by molar-refractivity contribution is 5.96. The van der Waals surface area contributed by atoms with E-state index in [9.17, 15) is 14.9 Å². The largest absolute Gasteiger partial charge is 0.379 e. The van der Waals surface area contributed by atoms with E-state index in [2.05, 4.69) is 15.6 Å². The molecule has 126 valence electrons. The first-order valence-corrected chi connectivity index (χ1v) is 7.67. The number of anilines is 1. The summed E-state index contributed by atoms with van der Waals surface area (Å²) in [5, 5.41) is 17.5. The topological polar surface area (TPSA) is 97.2 Å². The number of carbonyl (C=O) groups is 1. The summed E-state index contributed by atoms with van der Waals surface area (Å²) in [5.74, 6) is -0.134. The van der Waals surface area contributed by atoms with Gasteiger partial charge in [0.05, 0.1) is 16.0 Å². The first kappa shape index (κ1) is 16.4. The Morgan fingerprint density at radius 1 is 1.16 bits per heavy atom. The van der Waals surface area contributed by atoms with Crippen LogP contribution in [0.25, 0.3) is 10.9 Å². The maximum absolute atomic E-state index is 11.5. The van der Waals surface area contributed by atoms with Gasteiger partial charge in [-0.25, -0.2) is 0 Å². The summed E-state index contributed by atoms with van der Waals surface area (Å²) >= 11 is 0. The van der Waals surface area contributed by atoms with Gasteiger partial charge in [-0.05, 0) is 35.9 Å². The van der Waals surface area contributed by atoms with Crippen molar-refractivity contribution < 1.29 is 9.72 Å². The smallest absolute Gasteiger partial charge is 0.278 e. The van der Waals surface area contributed by atoms with Crippen molar-refractivity contribution in [2.24, 2.45) is 0 Å². The number of rotatable bonds is 5. The minimum absolute atomic E-state index is 0.0311. The molecule has 0 bridgehead atoms. The summed E-state index contributed by atoms with van der Waals surface area (Å²) in [5.41, 5.74) is 2.88. The highest BCUT2D eigenvalue weighted by Crippen LogP contribution is 2.29. The van der Waals surface area contributed by atoms with Gasteiger partial charge in [0.2, 0.25) is 0 Å². The average molecular weight is 336 g/mol. The summed E-state index contributed by atoms with van der Waals surface area (Å²) in [6.07, 6.45) is 1.61. The normalized spacial score (nSPS) is 10.4. The lowest BCUT2D eigenvalue weighted by atomic mass is 10.1. The Kier molecular flexibility index (Phi) is 4.56.